The van der Waals surface area contributed by atoms with Crippen LogP contribution in [0.15, 0.2) is 64.6 Å². The highest BCUT2D eigenvalue weighted by Gasteiger charge is 2.17. The third kappa shape index (κ3) is 4.55. The van der Waals surface area contributed by atoms with E-state index in [1.165, 1.54) is 11.3 Å². The minimum absolute atomic E-state index is 0.362. The van der Waals surface area contributed by atoms with Crippen LogP contribution in [-0.2, 0) is 9.53 Å². The number of rotatable bonds is 5. The van der Waals surface area contributed by atoms with Gasteiger partial charge in [0.25, 0.3) is 5.91 Å². The van der Waals surface area contributed by atoms with Crippen molar-refractivity contribution >= 4 is 55.2 Å². The number of esters is 1. The monoisotopic (exact) mass is 481 g/mol. The number of aromatic nitrogens is 2. The van der Waals surface area contributed by atoms with Crippen LogP contribution >= 0.6 is 27.3 Å². The number of nitrogens with one attached hydrogen (secondary N) is 1. The van der Waals surface area contributed by atoms with E-state index in [0.29, 0.717) is 27.3 Å². The van der Waals surface area contributed by atoms with Crippen LogP contribution < -0.4 is 5.32 Å². The quantitative estimate of drug-likeness (QED) is 0.395. The van der Waals surface area contributed by atoms with Gasteiger partial charge in [-0.2, -0.15) is 0 Å². The summed E-state index contributed by atoms with van der Waals surface area (Å²) in [6.45, 7) is 1.60. The Hall–Kier alpha value is -3.10. The molecule has 2 aromatic heterocycles. The molecule has 2 heterocycles. The molecule has 0 radical (unpaired) electrons. The van der Waals surface area contributed by atoms with E-state index in [9.17, 15) is 9.59 Å². The first-order valence-corrected chi connectivity index (χ1v) is 10.7. The molecule has 0 unspecified atom stereocenters. The zero-order valence-electron chi connectivity index (χ0n) is 15.9. The van der Waals surface area contributed by atoms with Crippen LogP contribution in [0.5, 0.6) is 0 Å². The number of carbonyl (C=O) groups is 2. The highest BCUT2D eigenvalue weighted by molar-refractivity contribution is 9.11. The van der Waals surface area contributed by atoms with E-state index >= 15 is 0 Å². The van der Waals surface area contributed by atoms with Crippen LogP contribution in [0.25, 0.3) is 22.2 Å². The number of hydrogen-bond acceptors (Lipinski definition) is 6. The Morgan fingerprint density at radius 1 is 1.13 bits per heavy atom. The van der Waals surface area contributed by atoms with Gasteiger partial charge in [-0.05, 0) is 35.0 Å². The average Bonchev–Trinajstić information content (AvgIpc) is 3.16. The molecule has 0 atom stereocenters. The van der Waals surface area contributed by atoms with Gasteiger partial charge in [0.15, 0.2) is 11.7 Å². The normalized spacial score (nSPS) is 10.7. The maximum Gasteiger partial charge on any atom is 0.339 e. The van der Waals surface area contributed by atoms with Crippen molar-refractivity contribution in [1.82, 2.24) is 9.97 Å². The molecule has 1 amide bonds. The van der Waals surface area contributed by atoms with Gasteiger partial charge in [0.05, 0.1) is 26.8 Å². The number of thiazole rings is 1. The van der Waals surface area contributed by atoms with E-state index < -0.39 is 18.5 Å². The van der Waals surface area contributed by atoms with Crippen molar-refractivity contribution in [3.05, 3.63) is 75.7 Å². The van der Waals surface area contributed by atoms with Gasteiger partial charge < -0.3 is 4.74 Å². The van der Waals surface area contributed by atoms with Crippen LogP contribution in [0, 0.1) is 6.92 Å². The molecule has 0 saturated heterocycles. The summed E-state index contributed by atoms with van der Waals surface area (Å²) < 4.78 is 6.07. The van der Waals surface area contributed by atoms with Gasteiger partial charge >= 0.3 is 5.97 Å². The minimum atomic E-state index is -0.586. The Balaban J connectivity index is 1.58. The molecule has 0 spiro atoms. The van der Waals surface area contributed by atoms with Crippen LogP contribution in [-0.4, -0.2) is 28.5 Å². The van der Waals surface area contributed by atoms with E-state index in [2.05, 4.69) is 31.2 Å². The second kappa shape index (κ2) is 8.73. The predicted octanol–water partition coefficient (Wildman–Crippen LogP) is 5.22. The number of fused-ring (bicyclic) bond motifs is 1. The van der Waals surface area contributed by atoms with Crippen molar-refractivity contribution in [3.63, 3.8) is 0 Å². The Morgan fingerprint density at radius 2 is 1.90 bits per heavy atom. The smallest absolute Gasteiger partial charge is 0.339 e. The Morgan fingerprint density at radius 3 is 2.63 bits per heavy atom. The molecule has 0 saturated carbocycles. The third-order valence-corrected chi connectivity index (χ3v) is 5.73. The molecule has 30 heavy (non-hydrogen) atoms. The molecular formula is C22H16BrN3O3S. The highest BCUT2D eigenvalue weighted by Crippen LogP contribution is 2.26. The summed E-state index contributed by atoms with van der Waals surface area (Å²) in [6.07, 6.45) is 1.59. The molecule has 0 bridgehead atoms. The first-order chi connectivity index (χ1) is 14.5. The van der Waals surface area contributed by atoms with Gasteiger partial charge in [0.1, 0.15) is 0 Å². The molecule has 4 aromatic rings. The number of aryl methyl sites for hydroxylation is 1. The standard InChI is InChI=1S/C22H16BrN3O3S/c1-13-6-8-14(9-7-13)18-10-16(15-4-2-3-5-17(15)25-18)21(28)29-12-20(27)26-22-24-11-19(23)30-22/h2-11H,12H2,1H3,(H,24,26,27). The van der Waals surface area contributed by atoms with Crippen LogP contribution in [0.4, 0.5) is 5.13 Å². The van der Waals surface area contributed by atoms with Gasteiger partial charge in [0, 0.05) is 10.9 Å². The lowest BCUT2D eigenvalue weighted by atomic mass is 10.0. The van der Waals surface area contributed by atoms with Crippen molar-refractivity contribution in [2.24, 2.45) is 0 Å². The Bertz CT molecular complexity index is 1240. The SMILES string of the molecule is Cc1ccc(-c2cc(C(=O)OCC(=O)Nc3ncc(Br)s3)c3ccccc3n2)cc1. The number of pyridine rings is 1. The summed E-state index contributed by atoms with van der Waals surface area (Å²) >= 11 is 4.56. The largest absolute Gasteiger partial charge is 0.452 e. The highest BCUT2D eigenvalue weighted by atomic mass is 79.9. The van der Waals surface area contributed by atoms with Gasteiger partial charge in [-0.15, -0.1) is 0 Å². The molecule has 1 N–H and O–H groups in total. The lowest BCUT2D eigenvalue weighted by Crippen LogP contribution is -2.21. The topological polar surface area (TPSA) is 81.2 Å². The lowest BCUT2D eigenvalue weighted by Gasteiger charge is -2.10. The number of carbonyl (C=O) groups excluding carboxylic acids is 2. The van der Waals surface area contributed by atoms with Crippen LogP contribution in [0.3, 0.4) is 0 Å². The molecule has 0 aliphatic heterocycles. The van der Waals surface area contributed by atoms with Crippen LogP contribution in [0.1, 0.15) is 15.9 Å². The summed E-state index contributed by atoms with van der Waals surface area (Å²) in [6, 6.07) is 17.0. The fourth-order valence-corrected chi connectivity index (χ4v) is 4.02. The van der Waals surface area contributed by atoms with Crippen molar-refractivity contribution < 1.29 is 14.3 Å². The second-order valence-electron chi connectivity index (χ2n) is 6.53. The molecule has 0 aliphatic carbocycles. The molecule has 2 aromatic carbocycles. The lowest BCUT2D eigenvalue weighted by molar-refractivity contribution is -0.119. The number of nitrogens with zero attached hydrogens (tertiary/aromatic N) is 2. The van der Waals surface area contributed by atoms with Crippen LogP contribution in [0.2, 0.25) is 0 Å². The van der Waals surface area contributed by atoms with E-state index in [4.69, 9.17) is 4.74 Å². The number of para-hydroxylation sites is 1. The van der Waals surface area contributed by atoms with Gasteiger partial charge in [0.2, 0.25) is 0 Å². The molecule has 8 heteroatoms. The van der Waals surface area contributed by atoms with E-state index in [1.54, 1.807) is 12.3 Å². The Labute approximate surface area is 185 Å². The zero-order valence-corrected chi connectivity index (χ0v) is 18.3. The summed E-state index contributed by atoms with van der Waals surface area (Å²) in [7, 11) is 0. The van der Waals surface area contributed by atoms with Gasteiger partial charge in [-0.25, -0.2) is 14.8 Å². The number of amides is 1. The number of benzene rings is 2. The first kappa shape index (κ1) is 20.2. The third-order valence-electron chi connectivity index (χ3n) is 4.34. The van der Waals surface area contributed by atoms with E-state index in [-0.39, 0.29) is 0 Å². The molecule has 0 fully saturated rings. The summed E-state index contributed by atoms with van der Waals surface area (Å²) in [5, 5.41) is 3.70. The number of hydrogen-bond donors (Lipinski definition) is 1. The van der Waals surface area contributed by atoms with Crippen molar-refractivity contribution in [2.45, 2.75) is 6.92 Å². The first-order valence-electron chi connectivity index (χ1n) is 9.05. The summed E-state index contributed by atoms with van der Waals surface area (Å²) in [5.74, 6) is -1.04. The van der Waals surface area contributed by atoms with Crippen molar-refractivity contribution in [2.75, 3.05) is 11.9 Å². The summed E-state index contributed by atoms with van der Waals surface area (Å²) in [5.41, 5.74) is 3.74. The molecule has 150 valence electrons. The fourth-order valence-electron chi connectivity index (χ4n) is 2.89. The molecule has 4 rings (SSSR count). The number of anilines is 1. The molecule has 6 nitrogen and oxygen atoms in total. The van der Waals surface area contributed by atoms with Gasteiger partial charge in [-0.3, -0.25) is 10.1 Å². The minimum Gasteiger partial charge on any atom is -0.452 e. The average molecular weight is 482 g/mol. The number of ether oxygens (including phenoxy) is 1. The fraction of sp³-hybridized carbons (Fsp3) is 0.0909. The predicted molar refractivity (Wildman–Crippen MR) is 121 cm³/mol. The van der Waals surface area contributed by atoms with Crippen molar-refractivity contribution in [3.8, 4) is 11.3 Å². The number of halogens is 1. The molecule has 0 aliphatic rings. The zero-order chi connectivity index (χ0) is 21.1. The van der Waals surface area contributed by atoms with E-state index in [1.807, 2.05) is 55.5 Å². The maximum absolute atomic E-state index is 12.8. The second-order valence-corrected chi connectivity index (χ2v) is 8.94. The van der Waals surface area contributed by atoms with Gasteiger partial charge in [-0.1, -0.05) is 59.4 Å². The summed E-state index contributed by atoms with van der Waals surface area (Å²) in [4.78, 5) is 33.6. The Kier molecular flexibility index (Phi) is 5.87. The molecular weight excluding hydrogens is 466 g/mol. The maximum atomic E-state index is 12.8. The van der Waals surface area contributed by atoms with E-state index in [0.717, 1.165) is 14.9 Å². The van der Waals surface area contributed by atoms with Crippen molar-refractivity contribution in [1.29, 1.82) is 0 Å².